The number of carbonyl (C=O) groups excluding carboxylic acids is 3. The van der Waals surface area contributed by atoms with Gasteiger partial charge in [-0.05, 0) is 5.57 Å². The topological polar surface area (TPSA) is 176 Å². The van der Waals surface area contributed by atoms with Crippen molar-refractivity contribution in [1.82, 2.24) is 25.4 Å². The third-order valence-corrected chi connectivity index (χ3v) is 9.39. The number of hydrogen-bond donors (Lipinski definition) is 3. The average molecular weight is 586 g/mol. The van der Waals surface area contributed by atoms with Gasteiger partial charge in [0, 0.05) is 23.3 Å². The summed E-state index contributed by atoms with van der Waals surface area (Å²) in [7, 11) is 0. The number of carboxylic acids is 1. The Morgan fingerprint density at radius 3 is 2.89 bits per heavy atom. The number of thioether (sulfide) groups is 2. The fourth-order valence-electron chi connectivity index (χ4n) is 3.46. The van der Waals surface area contributed by atoms with Crippen LogP contribution in [0.3, 0.4) is 0 Å². The summed E-state index contributed by atoms with van der Waals surface area (Å²) in [4.78, 5) is 59.1. The number of oxime groups is 1. The number of rotatable bonds is 11. The quantitative estimate of drug-likeness (QED) is 0.112. The zero-order valence-electron chi connectivity index (χ0n) is 18.4. The van der Waals surface area contributed by atoms with Gasteiger partial charge in [0.05, 0.1) is 0 Å². The number of halogens is 1. The first-order valence-electron chi connectivity index (χ1n) is 10.5. The van der Waals surface area contributed by atoms with E-state index in [1.54, 1.807) is 5.51 Å². The minimum Gasteiger partial charge on any atom is -0.477 e. The second-order valence-corrected chi connectivity index (χ2v) is 11.8. The number of nitrogens with one attached hydrogen (secondary N) is 2. The van der Waals surface area contributed by atoms with E-state index in [0.717, 1.165) is 16.2 Å². The van der Waals surface area contributed by atoms with Crippen LogP contribution in [0.15, 0.2) is 31.7 Å². The largest absolute Gasteiger partial charge is 0.477 e. The highest BCUT2D eigenvalue weighted by molar-refractivity contribution is 8.01. The molecule has 1 saturated carbocycles. The van der Waals surface area contributed by atoms with E-state index in [0.29, 0.717) is 27.8 Å². The van der Waals surface area contributed by atoms with E-state index in [9.17, 15) is 28.7 Å². The van der Waals surface area contributed by atoms with Crippen LogP contribution in [0.4, 0.5) is 9.52 Å². The zero-order valence-corrected chi connectivity index (χ0v) is 21.7. The normalized spacial score (nSPS) is 24.7. The van der Waals surface area contributed by atoms with Crippen molar-refractivity contribution in [1.29, 1.82) is 0 Å². The summed E-state index contributed by atoms with van der Waals surface area (Å²) < 4.78 is 13.9. The fraction of sp³-hybridized carbons (Fsp3) is 0.368. The number of β-lactam (4-membered cyclic amide) rings is 1. The number of amides is 3. The van der Waals surface area contributed by atoms with Crippen molar-refractivity contribution in [3.8, 4) is 0 Å². The molecule has 2 aliphatic heterocycles. The van der Waals surface area contributed by atoms with Gasteiger partial charge in [0.1, 0.15) is 34.5 Å². The van der Waals surface area contributed by atoms with Gasteiger partial charge in [-0.25, -0.2) is 14.2 Å². The first-order chi connectivity index (χ1) is 17.9. The van der Waals surface area contributed by atoms with Gasteiger partial charge >= 0.3 is 5.97 Å². The molecular weight excluding hydrogens is 570 g/mol. The number of aliphatic carboxylic acids is 1. The fourth-order valence-corrected chi connectivity index (χ4v) is 7.08. The van der Waals surface area contributed by atoms with Crippen LogP contribution in [0.5, 0.6) is 0 Å². The Morgan fingerprint density at radius 2 is 2.22 bits per heavy atom. The van der Waals surface area contributed by atoms with E-state index in [1.807, 2.05) is 0 Å². The van der Waals surface area contributed by atoms with E-state index < -0.39 is 41.5 Å². The lowest BCUT2D eigenvalue weighted by molar-refractivity contribution is -0.150. The predicted molar refractivity (Wildman–Crippen MR) is 133 cm³/mol. The molecule has 0 aromatic carbocycles. The maximum atomic E-state index is 13.2. The summed E-state index contributed by atoms with van der Waals surface area (Å²) in [6, 6.07) is -1.02. The van der Waals surface area contributed by atoms with Crippen molar-refractivity contribution in [2.45, 2.75) is 34.5 Å². The van der Waals surface area contributed by atoms with Crippen molar-refractivity contribution in [3.05, 3.63) is 27.9 Å². The van der Waals surface area contributed by atoms with Gasteiger partial charge in [0.25, 0.3) is 11.8 Å². The number of hydrogen-bond acceptors (Lipinski definition) is 13. The van der Waals surface area contributed by atoms with Crippen molar-refractivity contribution < 1.29 is 33.5 Å². The number of carboxylic acid groups (broad SMARTS) is 1. The number of alkyl halides is 1. The van der Waals surface area contributed by atoms with Gasteiger partial charge in [-0.1, -0.05) is 28.3 Å². The summed E-state index contributed by atoms with van der Waals surface area (Å²) in [5.41, 5.74) is 1.78. The Balaban J connectivity index is 1.31. The number of anilines is 1. The highest BCUT2D eigenvalue weighted by atomic mass is 32.2. The van der Waals surface area contributed by atoms with Crippen LogP contribution < -0.4 is 10.6 Å². The van der Waals surface area contributed by atoms with Crippen molar-refractivity contribution in [2.75, 3.05) is 16.8 Å². The standard InChI is InChI=1S/C19H16FN7O6S4/c20-8-1-10(8)33-26-11(9-4-35-18(23-9)21-5-28)14(29)24-12-15(30)27-13(17(31)32)7(2-34-16(12)27)3-36-19-25-22-6-37-19/h4-6,8,10,12,16H,1-3H2,(H,24,29)(H,31,32)(H,21,23,28)/t8?,10?,12-,16+/m1/s1. The number of thiazole rings is 1. The predicted octanol–water partition coefficient (Wildman–Crippen LogP) is 0.925. The molecule has 18 heteroatoms. The smallest absolute Gasteiger partial charge is 0.352 e. The maximum absolute atomic E-state index is 13.2. The van der Waals surface area contributed by atoms with Crippen LogP contribution in [-0.4, -0.2) is 90.3 Å². The average Bonchev–Trinajstić information content (AvgIpc) is 3.24. The molecule has 0 bridgehead atoms. The molecule has 4 heterocycles. The van der Waals surface area contributed by atoms with Crippen LogP contribution in [-0.2, 0) is 24.0 Å². The third kappa shape index (κ3) is 5.32. The van der Waals surface area contributed by atoms with E-state index in [4.69, 9.17) is 4.84 Å². The monoisotopic (exact) mass is 585 g/mol. The molecule has 3 amide bonds. The molecule has 5 rings (SSSR count). The minimum absolute atomic E-state index is 0.0601. The number of aromatic nitrogens is 3. The van der Waals surface area contributed by atoms with Gasteiger partial charge < -0.3 is 20.6 Å². The summed E-state index contributed by atoms with van der Waals surface area (Å²) in [5, 5.41) is 27.2. The molecule has 2 aromatic rings. The molecule has 1 saturated heterocycles. The summed E-state index contributed by atoms with van der Waals surface area (Å²) in [6.07, 6.45) is -1.39. The Kier molecular flexibility index (Phi) is 7.40. The first kappa shape index (κ1) is 25.6. The molecule has 3 aliphatic rings. The Morgan fingerprint density at radius 1 is 1.41 bits per heavy atom. The molecule has 2 fully saturated rings. The van der Waals surface area contributed by atoms with E-state index >= 15 is 0 Å². The molecule has 2 aromatic heterocycles. The molecule has 3 N–H and O–H groups in total. The summed E-state index contributed by atoms with van der Waals surface area (Å²) >= 11 is 5.01. The minimum atomic E-state index is -1.24. The van der Waals surface area contributed by atoms with E-state index in [1.165, 1.54) is 40.2 Å². The number of nitrogens with zero attached hydrogens (tertiary/aromatic N) is 5. The lowest BCUT2D eigenvalue weighted by atomic mass is 10.0. The molecule has 0 radical (unpaired) electrons. The summed E-state index contributed by atoms with van der Waals surface area (Å²) in [5.74, 6) is -1.98. The van der Waals surface area contributed by atoms with Gasteiger partial charge in [0.2, 0.25) is 6.41 Å². The molecule has 13 nitrogen and oxygen atoms in total. The Bertz CT molecular complexity index is 1300. The lowest BCUT2D eigenvalue weighted by Crippen LogP contribution is -2.71. The van der Waals surface area contributed by atoms with Crippen LogP contribution in [0, 0.1) is 0 Å². The molecule has 1 aliphatic carbocycles. The SMILES string of the molecule is O=CNc1nc(C(=NOC2CC2F)C(=O)N[C@@H]2C(=O)N3C(C(=O)O)=C(CSc4nncs4)CS[C@@H]23)cs1. The van der Waals surface area contributed by atoms with E-state index in [-0.39, 0.29) is 28.7 Å². The van der Waals surface area contributed by atoms with E-state index in [2.05, 4.69) is 31.0 Å². The second kappa shape index (κ2) is 10.7. The van der Waals surface area contributed by atoms with Crippen molar-refractivity contribution in [3.63, 3.8) is 0 Å². The molecule has 0 spiro atoms. The first-order valence-corrected chi connectivity index (χ1v) is 14.3. The van der Waals surface area contributed by atoms with Crippen molar-refractivity contribution >= 4 is 81.2 Å². The Hall–Kier alpha value is -3.09. The molecule has 194 valence electrons. The number of carbonyl (C=O) groups is 4. The van der Waals surface area contributed by atoms with Crippen molar-refractivity contribution in [2.24, 2.45) is 5.16 Å². The second-order valence-electron chi connectivity index (χ2n) is 7.75. The van der Waals surface area contributed by atoms with Crippen LogP contribution in [0.1, 0.15) is 12.1 Å². The molecular formula is C19H16FN7O6S4. The maximum Gasteiger partial charge on any atom is 0.352 e. The molecule has 4 atom stereocenters. The number of fused-ring (bicyclic) bond motifs is 1. The van der Waals surface area contributed by atoms with Crippen LogP contribution in [0.2, 0.25) is 0 Å². The van der Waals surface area contributed by atoms with Gasteiger partial charge in [0.15, 0.2) is 21.3 Å². The summed E-state index contributed by atoms with van der Waals surface area (Å²) in [6.45, 7) is 0. The third-order valence-electron chi connectivity index (χ3n) is 5.33. The van der Waals surface area contributed by atoms with Gasteiger partial charge in [-0.3, -0.25) is 19.3 Å². The van der Waals surface area contributed by atoms with Crippen LogP contribution in [0.25, 0.3) is 0 Å². The van der Waals surface area contributed by atoms with Gasteiger partial charge in [-0.15, -0.1) is 33.3 Å². The lowest BCUT2D eigenvalue weighted by Gasteiger charge is -2.49. The van der Waals surface area contributed by atoms with Crippen LogP contribution >= 0.6 is 46.2 Å². The highest BCUT2D eigenvalue weighted by Crippen LogP contribution is 2.41. The molecule has 37 heavy (non-hydrogen) atoms. The molecule has 2 unspecified atom stereocenters. The zero-order chi connectivity index (χ0) is 26.1. The Labute approximate surface area is 223 Å². The highest BCUT2D eigenvalue weighted by Gasteiger charge is 2.54. The van der Waals surface area contributed by atoms with Gasteiger partial charge in [-0.2, -0.15) is 0 Å².